The highest BCUT2D eigenvalue weighted by Crippen LogP contribution is 2.35. The third-order valence-corrected chi connectivity index (χ3v) is 4.98. The summed E-state index contributed by atoms with van der Waals surface area (Å²) in [5, 5.41) is 4.32. The number of carbonyl (C=O) groups is 2. The predicted molar refractivity (Wildman–Crippen MR) is 106 cm³/mol. The number of carbonyl (C=O) groups excluding carboxylic acids is 2. The molecule has 0 radical (unpaired) electrons. The second-order valence-corrected chi connectivity index (χ2v) is 7.13. The number of rotatable bonds is 5. The van der Waals surface area contributed by atoms with Gasteiger partial charge in [-0.05, 0) is 35.2 Å². The zero-order valence-corrected chi connectivity index (χ0v) is 16.5. The maximum Gasteiger partial charge on any atom is 0.471 e. The smallest absolute Gasteiger partial charge is 0.348 e. The van der Waals surface area contributed by atoms with Gasteiger partial charge in [0, 0.05) is 25.2 Å². The number of urea groups is 1. The lowest BCUT2D eigenvalue weighted by atomic mass is 9.88. The number of alkyl halides is 3. The molecule has 3 amide bonds. The van der Waals surface area contributed by atoms with Gasteiger partial charge in [-0.1, -0.05) is 43.0 Å². The van der Waals surface area contributed by atoms with Crippen molar-refractivity contribution in [3.63, 3.8) is 0 Å². The van der Waals surface area contributed by atoms with Gasteiger partial charge in [0.1, 0.15) is 5.82 Å². The number of benzene rings is 2. The molecule has 0 saturated carbocycles. The summed E-state index contributed by atoms with van der Waals surface area (Å²) < 4.78 is 50.1. The summed E-state index contributed by atoms with van der Waals surface area (Å²) in [7, 11) is 0. The van der Waals surface area contributed by atoms with Gasteiger partial charge in [-0.3, -0.25) is 4.79 Å². The van der Waals surface area contributed by atoms with Crippen molar-refractivity contribution >= 4 is 11.9 Å². The van der Waals surface area contributed by atoms with Gasteiger partial charge in [-0.15, -0.1) is 0 Å². The molecule has 1 atom stereocenters. The number of hydrogen-bond acceptors (Lipinski definition) is 2. The van der Waals surface area contributed by atoms with Crippen molar-refractivity contribution in [3.8, 4) is 0 Å². The predicted octanol–water partition coefficient (Wildman–Crippen LogP) is 4.07. The van der Waals surface area contributed by atoms with Crippen molar-refractivity contribution in [1.82, 2.24) is 15.5 Å². The highest BCUT2D eigenvalue weighted by molar-refractivity contribution is 5.81. The van der Waals surface area contributed by atoms with Crippen molar-refractivity contribution in [2.45, 2.75) is 25.1 Å². The monoisotopic (exact) mass is 435 g/mol. The van der Waals surface area contributed by atoms with Gasteiger partial charge in [0.25, 0.3) is 0 Å². The van der Waals surface area contributed by atoms with Crippen molar-refractivity contribution in [2.24, 2.45) is 0 Å². The van der Waals surface area contributed by atoms with Crippen LogP contribution in [0.4, 0.5) is 22.4 Å². The molecule has 3 rings (SSSR count). The Labute approximate surface area is 176 Å². The molecule has 2 N–H and O–H groups in total. The van der Waals surface area contributed by atoms with Crippen LogP contribution < -0.4 is 10.6 Å². The molecular weight excluding hydrogens is 414 g/mol. The van der Waals surface area contributed by atoms with Crippen LogP contribution in [0.25, 0.3) is 0 Å². The Morgan fingerprint density at radius 3 is 2.45 bits per heavy atom. The lowest BCUT2D eigenvalue weighted by Crippen LogP contribution is -2.46. The average Bonchev–Trinajstić information content (AvgIpc) is 2.72. The summed E-state index contributed by atoms with van der Waals surface area (Å²) >= 11 is 0. The Hall–Kier alpha value is -3.36. The first-order valence-electron chi connectivity index (χ1n) is 9.60. The molecule has 1 aliphatic heterocycles. The molecule has 1 aliphatic rings. The Kier molecular flexibility index (Phi) is 6.62. The van der Waals surface area contributed by atoms with Crippen molar-refractivity contribution in [1.29, 1.82) is 0 Å². The molecule has 0 unspecified atom stereocenters. The zero-order valence-electron chi connectivity index (χ0n) is 16.5. The molecule has 0 aromatic heterocycles. The molecule has 5 nitrogen and oxygen atoms in total. The van der Waals surface area contributed by atoms with Gasteiger partial charge >= 0.3 is 18.1 Å². The van der Waals surface area contributed by atoms with Gasteiger partial charge in [-0.25, -0.2) is 9.18 Å². The number of hydrogen-bond donors (Lipinski definition) is 2. The van der Waals surface area contributed by atoms with Gasteiger partial charge < -0.3 is 15.5 Å². The van der Waals surface area contributed by atoms with E-state index in [2.05, 4.69) is 11.9 Å². The van der Waals surface area contributed by atoms with Crippen LogP contribution in [0.2, 0.25) is 0 Å². The normalized spacial score (nSPS) is 15.7. The molecule has 31 heavy (non-hydrogen) atoms. The van der Waals surface area contributed by atoms with Crippen molar-refractivity contribution in [3.05, 3.63) is 83.3 Å². The second-order valence-electron chi connectivity index (χ2n) is 7.13. The second kappa shape index (κ2) is 9.20. The fourth-order valence-corrected chi connectivity index (χ4v) is 3.50. The molecule has 2 aromatic rings. The van der Waals surface area contributed by atoms with Gasteiger partial charge in [-0.2, -0.15) is 13.2 Å². The van der Waals surface area contributed by atoms with Gasteiger partial charge in [0.05, 0.1) is 6.04 Å². The molecular formula is C22H21F4N3O2. The molecule has 0 fully saturated rings. The number of amides is 3. The highest BCUT2D eigenvalue weighted by atomic mass is 19.4. The van der Waals surface area contributed by atoms with Crippen molar-refractivity contribution < 1.29 is 27.2 Å². The highest BCUT2D eigenvalue weighted by Gasteiger charge is 2.38. The molecule has 0 aliphatic carbocycles. The van der Waals surface area contributed by atoms with Crippen molar-refractivity contribution in [2.75, 3.05) is 13.1 Å². The fourth-order valence-electron chi connectivity index (χ4n) is 3.50. The van der Waals surface area contributed by atoms with E-state index in [4.69, 9.17) is 0 Å². The molecule has 164 valence electrons. The van der Waals surface area contributed by atoms with Crippen LogP contribution in [-0.4, -0.2) is 36.1 Å². The SMILES string of the molecule is C=C(CCNC(=O)C(F)(F)F)NC(=O)N1CCc2ccccc2[C@@H]1c1ccc(F)cc1. The Morgan fingerprint density at radius 1 is 1.10 bits per heavy atom. The fraction of sp³-hybridized carbons (Fsp3) is 0.273. The molecule has 1 heterocycles. The average molecular weight is 435 g/mol. The molecule has 2 aromatic carbocycles. The maximum atomic E-state index is 13.4. The Balaban J connectivity index is 1.71. The zero-order chi connectivity index (χ0) is 22.6. The largest absolute Gasteiger partial charge is 0.471 e. The number of nitrogens with one attached hydrogen (secondary N) is 2. The third kappa shape index (κ3) is 5.42. The van der Waals surface area contributed by atoms with E-state index in [1.165, 1.54) is 12.1 Å². The number of halogens is 4. The Bertz CT molecular complexity index is 973. The van der Waals surface area contributed by atoms with Crippen LogP contribution in [-0.2, 0) is 11.2 Å². The summed E-state index contributed by atoms with van der Waals surface area (Å²) in [4.78, 5) is 25.4. The molecule has 9 heteroatoms. The lowest BCUT2D eigenvalue weighted by Gasteiger charge is -2.37. The number of fused-ring (bicyclic) bond motifs is 1. The first kappa shape index (κ1) is 22.3. The van der Waals surface area contributed by atoms with Crippen LogP contribution in [0.5, 0.6) is 0 Å². The molecule has 0 saturated heterocycles. The van der Waals surface area contributed by atoms with Crippen LogP contribution in [0, 0.1) is 5.82 Å². The van der Waals surface area contributed by atoms with E-state index in [1.54, 1.807) is 22.3 Å². The minimum absolute atomic E-state index is 0.0563. The number of nitrogens with zero attached hydrogens (tertiary/aromatic N) is 1. The Morgan fingerprint density at radius 2 is 1.77 bits per heavy atom. The van der Waals surface area contributed by atoms with E-state index in [0.717, 1.165) is 16.7 Å². The van der Waals surface area contributed by atoms with E-state index in [1.807, 2.05) is 24.3 Å². The summed E-state index contributed by atoms with van der Waals surface area (Å²) in [6.45, 7) is 3.74. The standard InChI is InChI=1S/C22H21F4N3O2/c1-14(10-12-27-20(30)22(24,25)26)28-21(31)29-13-11-15-4-2-3-5-18(15)19(29)16-6-8-17(23)9-7-16/h2-9,19H,1,10-13H2,(H,27,30)(H,28,31)/t19-/m0/s1. The van der Waals surface area contributed by atoms with E-state index < -0.39 is 30.0 Å². The van der Waals surface area contributed by atoms with E-state index in [0.29, 0.717) is 13.0 Å². The first-order valence-corrected chi connectivity index (χ1v) is 9.60. The first-order chi connectivity index (χ1) is 14.7. The van der Waals surface area contributed by atoms with Crippen LogP contribution in [0.15, 0.2) is 60.8 Å². The van der Waals surface area contributed by atoms with Crippen LogP contribution in [0.1, 0.15) is 29.2 Å². The third-order valence-electron chi connectivity index (χ3n) is 4.98. The van der Waals surface area contributed by atoms with Gasteiger partial charge in [0.15, 0.2) is 0 Å². The van der Waals surface area contributed by atoms with E-state index in [9.17, 15) is 27.2 Å². The van der Waals surface area contributed by atoms with Crippen LogP contribution in [0.3, 0.4) is 0 Å². The maximum absolute atomic E-state index is 13.4. The quantitative estimate of drug-likeness (QED) is 0.696. The summed E-state index contributed by atoms with van der Waals surface area (Å²) in [5.41, 5.74) is 2.89. The minimum atomic E-state index is -4.96. The van der Waals surface area contributed by atoms with Gasteiger partial charge in [0.2, 0.25) is 0 Å². The molecule has 0 spiro atoms. The minimum Gasteiger partial charge on any atom is -0.348 e. The lowest BCUT2D eigenvalue weighted by molar-refractivity contribution is -0.173. The summed E-state index contributed by atoms with van der Waals surface area (Å²) in [6, 6.07) is 12.6. The van der Waals surface area contributed by atoms with E-state index >= 15 is 0 Å². The summed E-state index contributed by atoms with van der Waals surface area (Å²) in [6.07, 6.45) is -4.40. The van der Waals surface area contributed by atoms with E-state index in [-0.39, 0.29) is 18.7 Å². The summed E-state index contributed by atoms with van der Waals surface area (Å²) in [5.74, 6) is -2.44. The van der Waals surface area contributed by atoms with Crippen LogP contribution >= 0.6 is 0 Å². The topological polar surface area (TPSA) is 61.4 Å². The molecule has 0 bridgehead atoms.